The number of carbonyl (C=O) groups is 1. The number of nitrogens with zero attached hydrogens (tertiary/aromatic N) is 2. The molecule has 1 aromatic rings. The van der Waals surface area contributed by atoms with Crippen LogP contribution in [0.25, 0.3) is 0 Å². The summed E-state index contributed by atoms with van der Waals surface area (Å²) in [4.78, 5) is 11.9. The molecule has 1 aliphatic rings. The van der Waals surface area contributed by atoms with Crippen molar-refractivity contribution in [2.75, 3.05) is 13.1 Å². The van der Waals surface area contributed by atoms with Crippen LogP contribution in [-0.2, 0) is 16.1 Å². The summed E-state index contributed by atoms with van der Waals surface area (Å²) in [6.07, 6.45) is 2.23. The van der Waals surface area contributed by atoms with Gasteiger partial charge in [0.25, 0.3) is 0 Å². The summed E-state index contributed by atoms with van der Waals surface area (Å²) in [5.41, 5.74) is 7.71. The van der Waals surface area contributed by atoms with Crippen molar-refractivity contribution < 1.29 is 9.53 Å². The lowest BCUT2D eigenvalue weighted by molar-refractivity contribution is -0.131. The normalized spacial score (nSPS) is 22.1. The summed E-state index contributed by atoms with van der Waals surface area (Å²) in [7, 11) is 0. The van der Waals surface area contributed by atoms with Crippen molar-refractivity contribution in [1.82, 2.24) is 15.1 Å². The van der Waals surface area contributed by atoms with Gasteiger partial charge in [-0.2, -0.15) is 5.10 Å². The maximum absolute atomic E-state index is 11.9. The SMILES string of the molecule is Cc1cc(C)n(CCCNC(=O)C2CCC(CN)O2)n1. The van der Waals surface area contributed by atoms with Crippen LogP contribution >= 0.6 is 0 Å². The van der Waals surface area contributed by atoms with Crippen LogP contribution in [0.5, 0.6) is 0 Å². The molecule has 1 saturated heterocycles. The fourth-order valence-electron chi connectivity index (χ4n) is 2.53. The summed E-state index contributed by atoms with van der Waals surface area (Å²) in [6.45, 7) is 5.97. The molecule has 6 heteroatoms. The molecule has 1 fully saturated rings. The van der Waals surface area contributed by atoms with Gasteiger partial charge in [-0.05, 0) is 39.2 Å². The van der Waals surface area contributed by atoms with E-state index in [9.17, 15) is 4.79 Å². The number of aryl methyl sites for hydroxylation is 3. The van der Waals surface area contributed by atoms with Gasteiger partial charge in [0.05, 0.1) is 11.8 Å². The van der Waals surface area contributed by atoms with Crippen LogP contribution in [0.3, 0.4) is 0 Å². The first-order valence-electron chi connectivity index (χ1n) is 7.24. The zero-order valence-corrected chi connectivity index (χ0v) is 12.3. The fourth-order valence-corrected chi connectivity index (χ4v) is 2.53. The van der Waals surface area contributed by atoms with E-state index in [1.165, 1.54) is 0 Å². The Morgan fingerprint density at radius 1 is 1.55 bits per heavy atom. The first kappa shape index (κ1) is 15.0. The van der Waals surface area contributed by atoms with Crippen LogP contribution in [0.1, 0.15) is 30.7 Å². The van der Waals surface area contributed by atoms with E-state index in [1.54, 1.807) is 0 Å². The molecule has 0 bridgehead atoms. The molecule has 0 saturated carbocycles. The fraction of sp³-hybridized carbons (Fsp3) is 0.714. The maximum atomic E-state index is 11.9. The molecule has 1 amide bonds. The van der Waals surface area contributed by atoms with Crippen LogP contribution in [0.2, 0.25) is 0 Å². The molecular formula is C14H24N4O2. The Morgan fingerprint density at radius 2 is 2.35 bits per heavy atom. The van der Waals surface area contributed by atoms with Crippen molar-refractivity contribution in [2.24, 2.45) is 5.73 Å². The summed E-state index contributed by atoms with van der Waals surface area (Å²) in [5.74, 6) is -0.0192. The molecule has 0 spiro atoms. The highest BCUT2D eigenvalue weighted by Crippen LogP contribution is 2.18. The standard InChI is InChI=1S/C14H24N4O2/c1-10-8-11(2)18(17-10)7-3-6-16-14(19)13-5-4-12(9-15)20-13/h8,12-13H,3-7,9,15H2,1-2H3,(H,16,19). The molecule has 0 aliphatic carbocycles. The van der Waals surface area contributed by atoms with Gasteiger partial charge in [0, 0.05) is 25.3 Å². The average Bonchev–Trinajstić information content (AvgIpc) is 3.01. The first-order valence-corrected chi connectivity index (χ1v) is 7.24. The highest BCUT2D eigenvalue weighted by Gasteiger charge is 2.29. The first-order chi connectivity index (χ1) is 9.60. The highest BCUT2D eigenvalue weighted by molar-refractivity contribution is 5.80. The summed E-state index contributed by atoms with van der Waals surface area (Å²) < 4.78 is 7.53. The van der Waals surface area contributed by atoms with E-state index in [2.05, 4.69) is 16.5 Å². The lowest BCUT2D eigenvalue weighted by Gasteiger charge is -2.12. The van der Waals surface area contributed by atoms with Crippen LogP contribution in [0, 0.1) is 13.8 Å². The highest BCUT2D eigenvalue weighted by atomic mass is 16.5. The van der Waals surface area contributed by atoms with Crippen molar-refractivity contribution in [3.8, 4) is 0 Å². The van der Waals surface area contributed by atoms with Crippen molar-refractivity contribution in [1.29, 1.82) is 0 Å². The number of hydrogen-bond donors (Lipinski definition) is 2. The predicted molar refractivity (Wildman–Crippen MR) is 76.3 cm³/mol. The number of hydrogen-bond acceptors (Lipinski definition) is 4. The average molecular weight is 280 g/mol. The number of carbonyl (C=O) groups excluding carboxylic acids is 1. The number of aromatic nitrogens is 2. The van der Waals surface area contributed by atoms with E-state index in [-0.39, 0.29) is 18.1 Å². The predicted octanol–water partition coefficient (Wildman–Crippen LogP) is 0.513. The zero-order valence-electron chi connectivity index (χ0n) is 12.3. The van der Waals surface area contributed by atoms with Gasteiger partial charge in [-0.25, -0.2) is 0 Å². The lowest BCUT2D eigenvalue weighted by Crippen LogP contribution is -2.36. The molecule has 0 radical (unpaired) electrons. The molecular weight excluding hydrogens is 256 g/mol. The third-order valence-electron chi connectivity index (χ3n) is 3.61. The van der Waals surface area contributed by atoms with Crippen molar-refractivity contribution in [3.05, 3.63) is 17.5 Å². The Kier molecular flexibility index (Phi) is 5.14. The number of ether oxygens (including phenoxy) is 1. The second-order valence-corrected chi connectivity index (χ2v) is 5.35. The third-order valence-corrected chi connectivity index (χ3v) is 3.61. The molecule has 112 valence electrons. The van der Waals surface area contributed by atoms with Crippen LogP contribution in [0.4, 0.5) is 0 Å². The van der Waals surface area contributed by atoms with Gasteiger partial charge in [-0.1, -0.05) is 0 Å². The molecule has 1 aliphatic heterocycles. The molecule has 3 N–H and O–H groups in total. The Morgan fingerprint density at radius 3 is 2.95 bits per heavy atom. The van der Waals surface area contributed by atoms with Crippen LogP contribution in [0.15, 0.2) is 6.07 Å². The number of rotatable bonds is 6. The smallest absolute Gasteiger partial charge is 0.249 e. The summed E-state index contributed by atoms with van der Waals surface area (Å²) >= 11 is 0. The van der Waals surface area contributed by atoms with Crippen molar-refractivity contribution in [3.63, 3.8) is 0 Å². The van der Waals surface area contributed by atoms with Gasteiger partial charge >= 0.3 is 0 Å². The van der Waals surface area contributed by atoms with E-state index in [0.29, 0.717) is 13.1 Å². The largest absolute Gasteiger partial charge is 0.364 e. The molecule has 2 unspecified atom stereocenters. The summed E-state index contributed by atoms with van der Waals surface area (Å²) in [6, 6.07) is 2.05. The zero-order chi connectivity index (χ0) is 14.5. The molecule has 2 heterocycles. The second-order valence-electron chi connectivity index (χ2n) is 5.35. The minimum Gasteiger partial charge on any atom is -0.364 e. The van der Waals surface area contributed by atoms with Crippen LogP contribution in [-0.4, -0.2) is 41.0 Å². The van der Waals surface area contributed by atoms with Gasteiger partial charge in [-0.15, -0.1) is 0 Å². The minimum atomic E-state index is -0.322. The lowest BCUT2D eigenvalue weighted by atomic mass is 10.2. The van der Waals surface area contributed by atoms with Gasteiger partial charge in [-0.3, -0.25) is 9.48 Å². The van der Waals surface area contributed by atoms with Gasteiger partial charge in [0.2, 0.25) is 5.91 Å². The van der Waals surface area contributed by atoms with E-state index in [1.807, 2.05) is 18.5 Å². The quantitative estimate of drug-likeness (QED) is 0.744. The monoisotopic (exact) mass is 280 g/mol. The third kappa shape index (κ3) is 3.80. The van der Waals surface area contributed by atoms with Gasteiger partial charge < -0.3 is 15.8 Å². The Labute approximate surface area is 119 Å². The van der Waals surface area contributed by atoms with Gasteiger partial charge in [0.1, 0.15) is 6.10 Å². The van der Waals surface area contributed by atoms with E-state index in [0.717, 1.165) is 37.2 Å². The van der Waals surface area contributed by atoms with E-state index < -0.39 is 0 Å². The molecule has 6 nitrogen and oxygen atoms in total. The summed E-state index contributed by atoms with van der Waals surface area (Å²) in [5, 5.41) is 7.31. The van der Waals surface area contributed by atoms with Crippen molar-refractivity contribution in [2.45, 2.75) is 51.9 Å². The Bertz CT molecular complexity index is 458. The maximum Gasteiger partial charge on any atom is 0.249 e. The number of nitrogens with two attached hydrogens (primary N) is 1. The van der Waals surface area contributed by atoms with Gasteiger partial charge in [0.15, 0.2) is 0 Å². The Hall–Kier alpha value is -1.40. The second kappa shape index (κ2) is 6.85. The van der Waals surface area contributed by atoms with E-state index in [4.69, 9.17) is 10.5 Å². The number of amides is 1. The van der Waals surface area contributed by atoms with Crippen LogP contribution < -0.4 is 11.1 Å². The molecule has 2 atom stereocenters. The Balaban J connectivity index is 1.66. The molecule has 2 rings (SSSR count). The molecule has 0 aromatic carbocycles. The topological polar surface area (TPSA) is 82.2 Å². The van der Waals surface area contributed by atoms with Crippen molar-refractivity contribution >= 4 is 5.91 Å². The molecule has 20 heavy (non-hydrogen) atoms. The van der Waals surface area contributed by atoms with E-state index >= 15 is 0 Å². The minimum absolute atomic E-state index is 0.0192. The number of nitrogens with one attached hydrogen (secondary N) is 1. The molecule has 1 aromatic heterocycles.